The van der Waals surface area contributed by atoms with Crippen LogP contribution >= 0.6 is 0 Å². The van der Waals surface area contributed by atoms with Crippen LogP contribution in [0.3, 0.4) is 0 Å². The highest BCUT2D eigenvalue weighted by molar-refractivity contribution is 6.33. The molecule has 2 N–H and O–H groups in total. The Labute approximate surface area is 73.9 Å². The van der Waals surface area contributed by atoms with E-state index in [9.17, 15) is 4.39 Å². The van der Waals surface area contributed by atoms with E-state index in [1.807, 2.05) is 0 Å². The smallest absolute Gasteiger partial charge is 0.509 e. The number of hydrogen-bond donors (Lipinski definition) is 2. The Hall–Kier alpha value is -1.34. The van der Waals surface area contributed by atoms with Gasteiger partial charge in [0, 0.05) is 12.3 Å². The minimum absolute atomic E-state index is 0.120. The molecule has 70 valence electrons. The number of aromatic nitrogens is 1. The van der Waals surface area contributed by atoms with Crippen LogP contribution in [0, 0.1) is 5.95 Å². The van der Waals surface area contributed by atoms with E-state index in [0.29, 0.717) is 0 Å². The lowest BCUT2D eigenvalue weighted by Crippen LogP contribution is -2.21. The fraction of sp³-hybridized carbons (Fsp3) is 0.167. The fourth-order valence-corrected chi connectivity index (χ4v) is 0.798. The summed E-state index contributed by atoms with van der Waals surface area (Å²) in [5.41, 5.74) is 0. The summed E-state index contributed by atoms with van der Waals surface area (Å²) in [4.78, 5) is 3.28. The van der Waals surface area contributed by atoms with Crippen LogP contribution < -0.4 is 9.39 Å². The van der Waals surface area contributed by atoms with Gasteiger partial charge in [0.15, 0.2) is 5.75 Å². The summed E-state index contributed by atoms with van der Waals surface area (Å²) >= 11 is 0. The number of ether oxygens (including phenoxy) is 1. The van der Waals surface area contributed by atoms with Crippen molar-refractivity contribution in [2.75, 3.05) is 7.11 Å². The van der Waals surface area contributed by atoms with E-state index in [1.54, 1.807) is 0 Å². The number of nitrogens with zero attached hydrogens (tertiary/aromatic N) is 1. The molecule has 0 saturated carbocycles. The Morgan fingerprint density at radius 2 is 2.23 bits per heavy atom. The quantitative estimate of drug-likeness (QED) is 0.496. The van der Waals surface area contributed by atoms with Crippen LogP contribution in [0.25, 0.3) is 0 Å². The summed E-state index contributed by atoms with van der Waals surface area (Å²) in [6, 6.07) is 1.25. The maximum Gasteiger partial charge on any atom is 0.707 e. The average Bonchev–Trinajstić information content (AvgIpc) is 2.03. The summed E-state index contributed by atoms with van der Waals surface area (Å²) < 4.78 is 21.8. The van der Waals surface area contributed by atoms with Crippen molar-refractivity contribution in [2.24, 2.45) is 0 Å². The van der Waals surface area contributed by atoms with Crippen LogP contribution in [0.4, 0.5) is 4.39 Å². The SMILES string of the molecule is COc1c(OB(O)O)ccnc1F. The Bertz CT molecular complexity index is 296. The molecule has 0 unspecified atom stereocenters. The first kappa shape index (κ1) is 9.75. The molecule has 0 aromatic carbocycles. The molecule has 0 atom stereocenters. The highest BCUT2D eigenvalue weighted by Crippen LogP contribution is 2.27. The summed E-state index contributed by atoms with van der Waals surface area (Å²) in [5, 5.41) is 16.9. The molecule has 1 heterocycles. The van der Waals surface area contributed by atoms with Gasteiger partial charge in [-0.05, 0) is 0 Å². The highest BCUT2D eigenvalue weighted by atomic mass is 19.1. The minimum Gasteiger partial charge on any atom is -0.509 e. The lowest BCUT2D eigenvalue weighted by atomic mass is 10.2. The molecule has 0 aliphatic carbocycles. The summed E-state index contributed by atoms with van der Waals surface area (Å²) in [6.45, 7) is 0. The molecule has 1 aromatic heterocycles. The van der Waals surface area contributed by atoms with Gasteiger partial charge in [0.25, 0.3) is 5.95 Å². The lowest BCUT2D eigenvalue weighted by molar-refractivity contribution is 0.275. The molecule has 0 aliphatic rings. The van der Waals surface area contributed by atoms with Gasteiger partial charge in [-0.2, -0.15) is 4.39 Å². The van der Waals surface area contributed by atoms with E-state index in [2.05, 4.69) is 14.4 Å². The first-order valence-electron chi connectivity index (χ1n) is 3.36. The van der Waals surface area contributed by atoms with Gasteiger partial charge in [0.2, 0.25) is 5.75 Å². The van der Waals surface area contributed by atoms with E-state index >= 15 is 0 Å². The number of hydrogen-bond acceptors (Lipinski definition) is 5. The molecule has 13 heavy (non-hydrogen) atoms. The zero-order valence-electron chi connectivity index (χ0n) is 6.77. The Morgan fingerprint density at radius 1 is 1.54 bits per heavy atom. The maximum absolute atomic E-state index is 12.8. The van der Waals surface area contributed by atoms with Gasteiger partial charge in [0.1, 0.15) is 0 Å². The first-order chi connectivity index (χ1) is 6.15. The van der Waals surface area contributed by atoms with E-state index in [-0.39, 0.29) is 11.5 Å². The van der Waals surface area contributed by atoms with Gasteiger partial charge in [-0.15, -0.1) is 0 Å². The van der Waals surface area contributed by atoms with Crippen LogP contribution in [-0.2, 0) is 0 Å². The largest absolute Gasteiger partial charge is 0.707 e. The van der Waals surface area contributed by atoms with Gasteiger partial charge >= 0.3 is 7.32 Å². The molecule has 1 rings (SSSR count). The van der Waals surface area contributed by atoms with Crippen LogP contribution in [0.1, 0.15) is 0 Å². The summed E-state index contributed by atoms with van der Waals surface area (Å²) in [6.07, 6.45) is 1.12. The Balaban J connectivity index is 2.98. The molecule has 0 spiro atoms. The fourth-order valence-electron chi connectivity index (χ4n) is 0.798. The molecule has 5 nitrogen and oxygen atoms in total. The highest BCUT2D eigenvalue weighted by Gasteiger charge is 2.17. The topological polar surface area (TPSA) is 71.8 Å². The monoisotopic (exact) mass is 187 g/mol. The second-order valence-corrected chi connectivity index (χ2v) is 2.08. The van der Waals surface area contributed by atoms with Gasteiger partial charge in [0.05, 0.1) is 7.11 Å². The normalized spacial score (nSPS) is 9.54. The molecule has 0 radical (unpaired) electrons. The number of halogens is 1. The third-order valence-electron chi connectivity index (χ3n) is 1.26. The van der Waals surface area contributed by atoms with E-state index < -0.39 is 13.3 Å². The van der Waals surface area contributed by atoms with E-state index in [4.69, 9.17) is 10.0 Å². The summed E-state index contributed by atoms with van der Waals surface area (Å²) in [7, 11) is -0.799. The number of methoxy groups -OCH3 is 1. The second-order valence-electron chi connectivity index (χ2n) is 2.08. The number of pyridine rings is 1. The predicted octanol–water partition coefficient (Wildman–Crippen LogP) is -0.422. The molecule has 7 heteroatoms. The van der Waals surface area contributed by atoms with Crippen molar-refractivity contribution in [3.05, 3.63) is 18.2 Å². The van der Waals surface area contributed by atoms with Gasteiger partial charge < -0.3 is 19.4 Å². The molecule has 0 saturated heterocycles. The molecule has 0 bridgehead atoms. The van der Waals surface area contributed by atoms with Crippen molar-refractivity contribution >= 4 is 7.32 Å². The van der Waals surface area contributed by atoms with Gasteiger partial charge in [-0.1, -0.05) is 0 Å². The Morgan fingerprint density at radius 3 is 2.77 bits per heavy atom. The van der Waals surface area contributed by atoms with Crippen molar-refractivity contribution in [1.29, 1.82) is 0 Å². The molecule has 1 aromatic rings. The predicted molar refractivity (Wildman–Crippen MR) is 41.6 cm³/mol. The van der Waals surface area contributed by atoms with E-state index in [1.165, 1.54) is 13.2 Å². The van der Waals surface area contributed by atoms with Gasteiger partial charge in [-0.3, -0.25) is 0 Å². The third kappa shape index (κ3) is 2.30. The van der Waals surface area contributed by atoms with Crippen molar-refractivity contribution < 1.29 is 23.8 Å². The summed E-state index contributed by atoms with van der Waals surface area (Å²) in [5.74, 6) is -1.26. The van der Waals surface area contributed by atoms with Crippen molar-refractivity contribution in [2.45, 2.75) is 0 Å². The molecule has 0 aliphatic heterocycles. The van der Waals surface area contributed by atoms with Crippen LogP contribution in [0.2, 0.25) is 0 Å². The van der Waals surface area contributed by atoms with Gasteiger partial charge in [-0.25, -0.2) is 4.98 Å². The molecule has 0 fully saturated rings. The zero-order chi connectivity index (χ0) is 9.84. The standard InChI is InChI=1S/C6H7BFNO4/c1-12-5-4(13-7(10)11)2-3-9-6(5)8/h2-3,10-11H,1H3. The zero-order valence-corrected chi connectivity index (χ0v) is 6.77. The Kier molecular flexibility index (Phi) is 3.05. The average molecular weight is 187 g/mol. The number of rotatable bonds is 3. The van der Waals surface area contributed by atoms with Crippen molar-refractivity contribution in [3.63, 3.8) is 0 Å². The van der Waals surface area contributed by atoms with Crippen molar-refractivity contribution in [3.8, 4) is 11.5 Å². The van der Waals surface area contributed by atoms with Crippen LogP contribution in [0.5, 0.6) is 11.5 Å². The van der Waals surface area contributed by atoms with Crippen LogP contribution in [-0.4, -0.2) is 29.5 Å². The van der Waals surface area contributed by atoms with Crippen LogP contribution in [0.15, 0.2) is 12.3 Å². The second kappa shape index (κ2) is 4.06. The molecular formula is C6H7BFNO4. The third-order valence-corrected chi connectivity index (χ3v) is 1.26. The first-order valence-corrected chi connectivity index (χ1v) is 3.36. The van der Waals surface area contributed by atoms with E-state index in [0.717, 1.165) is 6.20 Å². The van der Waals surface area contributed by atoms with Crippen molar-refractivity contribution in [1.82, 2.24) is 4.98 Å². The lowest BCUT2D eigenvalue weighted by Gasteiger charge is -2.08. The molecular weight excluding hydrogens is 180 g/mol. The maximum atomic E-state index is 12.8. The minimum atomic E-state index is -2.02. The molecule has 0 amide bonds.